The molecule has 0 amide bonds. The highest BCUT2D eigenvalue weighted by Gasteiger charge is 2.46. The van der Waals surface area contributed by atoms with Gasteiger partial charge in [0.05, 0.1) is 10.5 Å². The van der Waals surface area contributed by atoms with E-state index in [2.05, 4.69) is 15.9 Å². The summed E-state index contributed by atoms with van der Waals surface area (Å²) in [6.07, 6.45) is -10.3. The normalized spacial score (nSPS) is 12.6. The maximum atomic E-state index is 12.6. The van der Waals surface area contributed by atoms with Crippen LogP contribution in [0.5, 0.6) is 0 Å². The number of nitro benzene ring substituents is 1. The van der Waals surface area contributed by atoms with Gasteiger partial charge in [-0.2, -0.15) is 26.3 Å². The first-order chi connectivity index (χ1) is 8.37. The minimum Gasteiger partial charge on any atom is -0.393 e. The minimum atomic E-state index is -5.22. The number of alkyl halides is 6. The summed E-state index contributed by atoms with van der Waals surface area (Å²) in [7, 11) is 0. The SMILES string of the molecule is Nc1c(C(F)(F)F)cc(Br)c(C(F)(F)F)c1[N+](=O)[O-]. The molecule has 0 aliphatic heterocycles. The first-order valence-electron chi connectivity index (χ1n) is 4.28. The zero-order valence-corrected chi connectivity index (χ0v) is 10.2. The third kappa shape index (κ3) is 2.91. The van der Waals surface area contributed by atoms with Gasteiger partial charge in [0.15, 0.2) is 0 Å². The van der Waals surface area contributed by atoms with E-state index in [0.29, 0.717) is 0 Å². The van der Waals surface area contributed by atoms with Crippen LogP contribution in [0.3, 0.4) is 0 Å². The van der Waals surface area contributed by atoms with E-state index in [0.717, 1.165) is 0 Å². The first-order valence-corrected chi connectivity index (χ1v) is 5.07. The van der Waals surface area contributed by atoms with Crippen molar-refractivity contribution in [3.05, 3.63) is 31.8 Å². The quantitative estimate of drug-likeness (QED) is 0.359. The summed E-state index contributed by atoms with van der Waals surface area (Å²) in [6.45, 7) is 0. The fourth-order valence-electron chi connectivity index (χ4n) is 1.35. The van der Waals surface area contributed by atoms with Crippen LogP contribution in [0.1, 0.15) is 11.1 Å². The third-order valence-corrected chi connectivity index (χ3v) is 2.69. The number of hydrogen-bond donors (Lipinski definition) is 1. The molecular formula is C8H3BrF6N2O2. The Kier molecular flexibility index (Phi) is 3.72. The molecule has 0 radical (unpaired) electrons. The Labute approximate surface area is 109 Å². The van der Waals surface area contributed by atoms with E-state index >= 15 is 0 Å². The molecule has 106 valence electrons. The van der Waals surface area contributed by atoms with Crippen LogP contribution in [-0.2, 0) is 12.4 Å². The van der Waals surface area contributed by atoms with Gasteiger partial charge in [0.25, 0.3) is 0 Å². The molecule has 1 aromatic rings. The van der Waals surface area contributed by atoms with E-state index < -0.39 is 44.3 Å². The van der Waals surface area contributed by atoms with Crippen molar-refractivity contribution in [1.82, 2.24) is 0 Å². The van der Waals surface area contributed by atoms with Crippen molar-refractivity contribution in [2.75, 3.05) is 5.73 Å². The minimum absolute atomic E-state index is 0.0607. The molecule has 0 saturated heterocycles. The molecule has 1 aromatic carbocycles. The van der Waals surface area contributed by atoms with Crippen molar-refractivity contribution >= 4 is 27.3 Å². The fraction of sp³-hybridized carbons (Fsp3) is 0.250. The Bertz CT molecular complexity index is 540. The zero-order valence-electron chi connectivity index (χ0n) is 8.56. The van der Waals surface area contributed by atoms with Crippen LogP contribution in [0.4, 0.5) is 37.7 Å². The van der Waals surface area contributed by atoms with Gasteiger partial charge < -0.3 is 5.73 Å². The summed E-state index contributed by atoms with van der Waals surface area (Å²) in [4.78, 5) is 8.96. The Balaban J connectivity index is 3.82. The highest BCUT2D eigenvalue weighted by Crippen LogP contribution is 2.48. The molecule has 0 atom stereocenters. The average molecular weight is 353 g/mol. The molecule has 11 heteroatoms. The van der Waals surface area contributed by atoms with E-state index in [-0.39, 0.29) is 6.07 Å². The molecule has 0 bridgehead atoms. The van der Waals surface area contributed by atoms with Crippen molar-refractivity contribution in [3.63, 3.8) is 0 Å². The predicted molar refractivity (Wildman–Crippen MR) is 55.2 cm³/mol. The van der Waals surface area contributed by atoms with Crippen LogP contribution in [0, 0.1) is 10.1 Å². The van der Waals surface area contributed by atoms with Gasteiger partial charge in [-0.1, -0.05) is 0 Å². The second-order valence-corrected chi connectivity index (χ2v) is 4.15. The number of anilines is 1. The standard InChI is InChI=1S/C8H3BrF6N2O2/c9-3-1-2(7(10,11)12)5(16)6(17(18)19)4(3)8(13,14)15/h1H,16H2. The number of nitrogens with zero attached hydrogens (tertiary/aromatic N) is 1. The number of nitro groups is 1. The second-order valence-electron chi connectivity index (χ2n) is 3.30. The number of benzene rings is 1. The van der Waals surface area contributed by atoms with Gasteiger partial charge in [-0.25, -0.2) is 0 Å². The molecule has 4 nitrogen and oxygen atoms in total. The smallest absolute Gasteiger partial charge is 0.393 e. The summed E-state index contributed by atoms with van der Waals surface area (Å²) in [5, 5.41) is 10.6. The maximum Gasteiger partial charge on any atom is 0.424 e. The van der Waals surface area contributed by atoms with Crippen molar-refractivity contribution < 1.29 is 31.3 Å². The summed E-state index contributed by atoms with van der Waals surface area (Å²) >= 11 is 2.25. The van der Waals surface area contributed by atoms with Crippen molar-refractivity contribution in [2.24, 2.45) is 0 Å². The lowest BCUT2D eigenvalue weighted by molar-refractivity contribution is -0.387. The highest BCUT2D eigenvalue weighted by atomic mass is 79.9. The second kappa shape index (κ2) is 4.54. The van der Waals surface area contributed by atoms with Gasteiger partial charge in [0, 0.05) is 4.47 Å². The Hall–Kier alpha value is -1.52. The predicted octanol–water partition coefficient (Wildman–Crippen LogP) is 3.98. The van der Waals surface area contributed by atoms with Crippen LogP contribution in [-0.4, -0.2) is 4.92 Å². The zero-order chi connectivity index (χ0) is 15.2. The molecule has 0 aliphatic rings. The molecule has 2 N–H and O–H groups in total. The summed E-state index contributed by atoms with van der Waals surface area (Å²) in [5.74, 6) is 0. The van der Waals surface area contributed by atoms with Gasteiger partial charge in [-0.15, -0.1) is 0 Å². The molecule has 0 fully saturated rings. The van der Waals surface area contributed by atoms with Crippen molar-refractivity contribution in [1.29, 1.82) is 0 Å². The van der Waals surface area contributed by atoms with Gasteiger partial charge in [-0.05, 0) is 22.0 Å². The summed E-state index contributed by atoms with van der Waals surface area (Å²) in [6, 6.07) is 0.0607. The van der Waals surface area contributed by atoms with E-state index in [9.17, 15) is 36.5 Å². The van der Waals surface area contributed by atoms with E-state index in [1.165, 1.54) is 0 Å². The maximum absolute atomic E-state index is 12.6. The number of halogens is 7. The van der Waals surface area contributed by atoms with Crippen LogP contribution in [0.15, 0.2) is 10.5 Å². The van der Waals surface area contributed by atoms with Crippen LogP contribution in [0.2, 0.25) is 0 Å². The summed E-state index contributed by atoms with van der Waals surface area (Å²) in [5.41, 5.74) is -2.11. The molecule has 0 unspecified atom stereocenters. The molecule has 0 saturated carbocycles. The Morgan fingerprint density at radius 3 is 1.95 bits per heavy atom. The monoisotopic (exact) mass is 352 g/mol. The highest BCUT2D eigenvalue weighted by molar-refractivity contribution is 9.10. The lowest BCUT2D eigenvalue weighted by Gasteiger charge is -2.15. The van der Waals surface area contributed by atoms with E-state index in [4.69, 9.17) is 5.73 Å². The van der Waals surface area contributed by atoms with Crippen molar-refractivity contribution in [2.45, 2.75) is 12.4 Å². The lowest BCUT2D eigenvalue weighted by atomic mass is 10.1. The Morgan fingerprint density at radius 2 is 1.63 bits per heavy atom. The van der Waals surface area contributed by atoms with Crippen LogP contribution >= 0.6 is 15.9 Å². The molecule has 1 rings (SSSR count). The first kappa shape index (κ1) is 15.5. The van der Waals surface area contributed by atoms with Crippen LogP contribution < -0.4 is 5.73 Å². The molecule has 0 aromatic heterocycles. The van der Waals surface area contributed by atoms with Crippen molar-refractivity contribution in [3.8, 4) is 0 Å². The number of rotatable bonds is 1. The number of hydrogen-bond acceptors (Lipinski definition) is 3. The van der Waals surface area contributed by atoms with Gasteiger partial charge in [0.1, 0.15) is 11.3 Å². The molecule has 0 spiro atoms. The topological polar surface area (TPSA) is 69.2 Å². The molecule has 0 heterocycles. The summed E-state index contributed by atoms with van der Waals surface area (Å²) < 4.78 is 74.2. The van der Waals surface area contributed by atoms with Crippen LogP contribution in [0.25, 0.3) is 0 Å². The molecule has 19 heavy (non-hydrogen) atoms. The molecule has 0 aliphatic carbocycles. The van der Waals surface area contributed by atoms with Gasteiger partial charge in [0.2, 0.25) is 0 Å². The van der Waals surface area contributed by atoms with E-state index in [1.807, 2.05) is 0 Å². The largest absolute Gasteiger partial charge is 0.424 e. The molecular weight excluding hydrogens is 350 g/mol. The van der Waals surface area contributed by atoms with Gasteiger partial charge >= 0.3 is 18.0 Å². The number of nitrogens with two attached hydrogens (primary N) is 1. The Morgan fingerprint density at radius 1 is 1.16 bits per heavy atom. The van der Waals surface area contributed by atoms with E-state index in [1.54, 1.807) is 0 Å². The average Bonchev–Trinajstić information content (AvgIpc) is 2.16. The lowest BCUT2D eigenvalue weighted by Crippen LogP contribution is -2.17. The number of nitrogen functional groups attached to an aromatic ring is 1. The van der Waals surface area contributed by atoms with Gasteiger partial charge in [-0.3, -0.25) is 10.1 Å². The fourth-order valence-corrected chi connectivity index (χ4v) is 1.99. The third-order valence-electron chi connectivity index (χ3n) is 2.06.